The van der Waals surface area contributed by atoms with E-state index in [2.05, 4.69) is 30.6 Å². The van der Waals surface area contributed by atoms with Crippen LogP contribution in [0.1, 0.15) is 40.1 Å². The van der Waals surface area contributed by atoms with E-state index < -0.39 is 0 Å². The molecule has 102 valence electrons. The second-order valence-corrected chi connectivity index (χ2v) is 5.86. The second-order valence-electron chi connectivity index (χ2n) is 4.91. The topological polar surface area (TPSA) is 12.0 Å². The minimum Gasteiger partial charge on any atom is -0.306 e. The number of halogens is 1. The van der Waals surface area contributed by atoms with Crippen molar-refractivity contribution in [3.05, 3.63) is 56.5 Å². The largest absolute Gasteiger partial charge is 0.306 e. The number of nitrogens with one attached hydrogen (secondary N) is 1. The molecule has 19 heavy (non-hydrogen) atoms. The molecule has 0 saturated heterocycles. The molecule has 0 amide bonds. The fraction of sp³-hybridized carbons (Fsp3) is 0.375. The molecule has 1 heterocycles. The highest BCUT2D eigenvalue weighted by Crippen LogP contribution is 2.33. The van der Waals surface area contributed by atoms with Crippen LogP contribution in [0.15, 0.2) is 23.6 Å². The van der Waals surface area contributed by atoms with Gasteiger partial charge in [-0.3, -0.25) is 0 Å². The van der Waals surface area contributed by atoms with Gasteiger partial charge in [0.05, 0.1) is 6.04 Å². The summed E-state index contributed by atoms with van der Waals surface area (Å²) in [7, 11) is 0. The minimum atomic E-state index is -0.156. The zero-order valence-electron chi connectivity index (χ0n) is 11.9. The van der Waals surface area contributed by atoms with E-state index in [0.717, 1.165) is 17.7 Å². The first-order valence-corrected chi connectivity index (χ1v) is 7.46. The van der Waals surface area contributed by atoms with Crippen LogP contribution in [-0.4, -0.2) is 6.54 Å². The molecular formula is C16H20FNS. The van der Waals surface area contributed by atoms with Crippen molar-refractivity contribution >= 4 is 11.3 Å². The molecule has 0 aliphatic rings. The van der Waals surface area contributed by atoms with Crippen molar-refractivity contribution in [2.24, 2.45) is 0 Å². The van der Waals surface area contributed by atoms with Gasteiger partial charge in [0.2, 0.25) is 0 Å². The van der Waals surface area contributed by atoms with Crippen LogP contribution < -0.4 is 5.32 Å². The lowest BCUT2D eigenvalue weighted by Crippen LogP contribution is -2.23. The Morgan fingerprint density at radius 3 is 2.26 bits per heavy atom. The molecule has 0 aliphatic heterocycles. The lowest BCUT2D eigenvalue weighted by Gasteiger charge is -2.22. The molecule has 0 aliphatic carbocycles. The quantitative estimate of drug-likeness (QED) is 0.867. The third-order valence-corrected chi connectivity index (χ3v) is 4.50. The minimum absolute atomic E-state index is 0.156. The summed E-state index contributed by atoms with van der Waals surface area (Å²) in [6.07, 6.45) is 0. The lowest BCUT2D eigenvalue weighted by molar-refractivity contribution is 0.609. The summed E-state index contributed by atoms with van der Waals surface area (Å²) in [4.78, 5) is 1.32. The van der Waals surface area contributed by atoms with E-state index in [1.807, 2.05) is 13.8 Å². The van der Waals surface area contributed by atoms with E-state index in [-0.39, 0.29) is 11.9 Å². The number of aryl methyl sites for hydroxylation is 3. The van der Waals surface area contributed by atoms with Crippen LogP contribution in [-0.2, 0) is 0 Å². The molecule has 1 aromatic carbocycles. The molecular weight excluding hydrogens is 257 g/mol. The fourth-order valence-corrected chi connectivity index (χ4v) is 3.60. The highest BCUT2D eigenvalue weighted by Gasteiger charge is 2.20. The molecule has 1 unspecified atom stereocenters. The summed E-state index contributed by atoms with van der Waals surface area (Å²) in [5.74, 6) is -0.156. The van der Waals surface area contributed by atoms with E-state index in [9.17, 15) is 4.39 Å². The maximum absolute atomic E-state index is 13.5. The van der Waals surface area contributed by atoms with Gasteiger partial charge in [-0.25, -0.2) is 4.39 Å². The first-order chi connectivity index (χ1) is 9.04. The number of rotatable bonds is 4. The highest BCUT2D eigenvalue weighted by atomic mass is 32.1. The molecule has 0 spiro atoms. The van der Waals surface area contributed by atoms with Gasteiger partial charge in [-0.1, -0.05) is 6.92 Å². The molecule has 0 radical (unpaired) electrons. The zero-order valence-corrected chi connectivity index (χ0v) is 12.7. The normalized spacial score (nSPS) is 12.7. The Balaban J connectivity index is 2.54. The Labute approximate surface area is 118 Å². The summed E-state index contributed by atoms with van der Waals surface area (Å²) >= 11 is 1.76. The summed E-state index contributed by atoms with van der Waals surface area (Å²) in [6.45, 7) is 9.09. The maximum Gasteiger partial charge on any atom is 0.123 e. The predicted molar refractivity (Wildman–Crippen MR) is 80.4 cm³/mol. The molecule has 0 saturated carbocycles. The smallest absolute Gasteiger partial charge is 0.123 e. The maximum atomic E-state index is 13.5. The molecule has 0 bridgehead atoms. The van der Waals surface area contributed by atoms with Crippen LogP contribution in [0.5, 0.6) is 0 Å². The van der Waals surface area contributed by atoms with Gasteiger partial charge in [0.25, 0.3) is 0 Å². The van der Waals surface area contributed by atoms with E-state index in [1.165, 1.54) is 16.0 Å². The Morgan fingerprint density at radius 1 is 1.16 bits per heavy atom. The molecule has 0 fully saturated rings. The SMILES string of the molecule is CCNC(c1sccc1C)c1c(C)cc(F)cc1C. The van der Waals surface area contributed by atoms with Crippen LogP contribution in [0, 0.1) is 26.6 Å². The van der Waals surface area contributed by atoms with Crippen molar-refractivity contribution in [3.63, 3.8) is 0 Å². The third kappa shape index (κ3) is 2.88. The molecule has 1 nitrogen and oxygen atoms in total. The summed E-state index contributed by atoms with van der Waals surface area (Å²) < 4.78 is 13.5. The monoisotopic (exact) mass is 277 g/mol. The highest BCUT2D eigenvalue weighted by molar-refractivity contribution is 7.10. The van der Waals surface area contributed by atoms with E-state index >= 15 is 0 Å². The molecule has 1 N–H and O–H groups in total. The van der Waals surface area contributed by atoms with Crippen LogP contribution in [0.4, 0.5) is 4.39 Å². The number of benzene rings is 1. The number of hydrogen-bond donors (Lipinski definition) is 1. The van der Waals surface area contributed by atoms with Gasteiger partial charge >= 0.3 is 0 Å². The van der Waals surface area contributed by atoms with Crippen LogP contribution in [0.3, 0.4) is 0 Å². The fourth-order valence-electron chi connectivity index (χ4n) is 2.59. The van der Waals surface area contributed by atoms with Gasteiger partial charge < -0.3 is 5.32 Å². The van der Waals surface area contributed by atoms with Crippen molar-refractivity contribution in [3.8, 4) is 0 Å². The van der Waals surface area contributed by atoms with E-state index in [1.54, 1.807) is 23.5 Å². The van der Waals surface area contributed by atoms with Crippen LogP contribution in [0.25, 0.3) is 0 Å². The van der Waals surface area contributed by atoms with Gasteiger partial charge in [0.15, 0.2) is 0 Å². The molecule has 2 aromatic rings. The van der Waals surface area contributed by atoms with Gasteiger partial charge in [0.1, 0.15) is 5.82 Å². The summed E-state index contributed by atoms with van der Waals surface area (Å²) in [6, 6.07) is 5.54. The van der Waals surface area contributed by atoms with Gasteiger partial charge in [0, 0.05) is 4.88 Å². The Bertz CT molecular complexity index is 551. The number of thiophene rings is 1. The third-order valence-electron chi connectivity index (χ3n) is 3.42. The Kier molecular flexibility index (Phi) is 4.38. The first kappa shape index (κ1) is 14.2. The number of hydrogen-bond acceptors (Lipinski definition) is 2. The first-order valence-electron chi connectivity index (χ1n) is 6.58. The van der Waals surface area contributed by atoms with Crippen molar-refractivity contribution in [1.82, 2.24) is 5.32 Å². The van der Waals surface area contributed by atoms with Crippen LogP contribution in [0.2, 0.25) is 0 Å². The Morgan fingerprint density at radius 2 is 1.79 bits per heavy atom. The standard InChI is InChI=1S/C16H20FNS/c1-5-18-15(16-10(2)6-7-19-16)14-11(3)8-13(17)9-12(14)4/h6-9,15,18H,5H2,1-4H3. The van der Waals surface area contributed by atoms with E-state index in [0.29, 0.717) is 0 Å². The van der Waals surface area contributed by atoms with Gasteiger partial charge in [-0.05, 0) is 73.1 Å². The molecule has 2 rings (SSSR count). The van der Waals surface area contributed by atoms with Crippen molar-refractivity contribution in [1.29, 1.82) is 0 Å². The second kappa shape index (κ2) is 5.85. The molecule has 3 heteroatoms. The average Bonchev–Trinajstić information content (AvgIpc) is 2.73. The van der Waals surface area contributed by atoms with Crippen LogP contribution >= 0.6 is 11.3 Å². The van der Waals surface area contributed by atoms with E-state index in [4.69, 9.17) is 0 Å². The van der Waals surface area contributed by atoms with Crippen molar-refractivity contribution < 1.29 is 4.39 Å². The van der Waals surface area contributed by atoms with Gasteiger partial charge in [-0.15, -0.1) is 11.3 Å². The Hall–Kier alpha value is -1.19. The van der Waals surface area contributed by atoms with Crippen molar-refractivity contribution in [2.45, 2.75) is 33.7 Å². The lowest BCUT2D eigenvalue weighted by atomic mass is 9.93. The van der Waals surface area contributed by atoms with Gasteiger partial charge in [-0.2, -0.15) is 0 Å². The zero-order chi connectivity index (χ0) is 14.0. The predicted octanol–water partition coefficient (Wildman–Crippen LogP) is 4.51. The molecule has 1 atom stereocenters. The molecule has 1 aromatic heterocycles. The average molecular weight is 277 g/mol. The summed E-state index contributed by atoms with van der Waals surface area (Å²) in [5.41, 5.74) is 4.51. The van der Waals surface area contributed by atoms with Crippen molar-refractivity contribution in [2.75, 3.05) is 6.54 Å². The summed E-state index contributed by atoms with van der Waals surface area (Å²) in [5, 5.41) is 5.65.